The fourth-order valence-electron chi connectivity index (χ4n) is 3.84. The van der Waals surface area contributed by atoms with E-state index in [-0.39, 0.29) is 11.1 Å². The molecular formula is C27H20F3NO6. The number of carbonyl (C=O) groups excluding carboxylic acids is 1. The number of para-hydroxylation sites is 1. The predicted octanol–water partition coefficient (Wildman–Crippen LogP) is 5.43. The second kappa shape index (κ2) is 10.2. The minimum Gasteiger partial charge on any atom is -0.483 e. The molecule has 0 spiro atoms. The lowest BCUT2D eigenvalue weighted by Gasteiger charge is -2.13. The van der Waals surface area contributed by atoms with E-state index in [0.29, 0.717) is 33.5 Å². The number of carboxylic acids is 1. The minimum atomic E-state index is -4.45. The number of hydrogen-bond acceptors (Lipinski definition) is 5. The van der Waals surface area contributed by atoms with E-state index in [1.807, 2.05) is 0 Å². The third kappa shape index (κ3) is 5.80. The van der Waals surface area contributed by atoms with Crippen molar-refractivity contribution in [1.82, 2.24) is 0 Å². The molecule has 7 nitrogen and oxygen atoms in total. The second-order valence-corrected chi connectivity index (χ2v) is 8.18. The third-order valence-corrected chi connectivity index (χ3v) is 5.67. The van der Waals surface area contributed by atoms with E-state index in [2.05, 4.69) is 5.32 Å². The molecule has 0 bridgehead atoms. The van der Waals surface area contributed by atoms with E-state index in [1.54, 1.807) is 43.3 Å². The largest absolute Gasteiger partial charge is 0.483 e. The molecule has 0 aliphatic heterocycles. The van der Waals surface area contributed by atoms with E-state index in [9.17, 15) is 27.6 Å². The van der Waals surface area contributed by atoms with Crippen LogP contribution in [-0.2, 0) is 22.2 Å². The van der Waals surface area contributed by atoms with Crippen molar-refractivity contribution in [3.05, 3.63) is 93.8 Å². The summed E-state index contributed by atoms with van der Waals surface area (Å²) >= 11 is 0. The molecule has 0 atom stereocenters. The van der Waals surface area contributed by atoms with Crippen LogP contribution < -0.4 is 15.7 Å². The monoisotopic (exact) mass is 511 g/mol. The molecule has 0 saturated carbocycles. The summed E-state index contributed by atoms with van der Waals surface area (Å²) < 4.78 is 49.5. The van der Waals surface area contributed by atoms with E-state index >= 15 is 0 Å². The summed E-state index contributed by atoms with van der Waals surface area (Å²) in [5.41, 5.74) is 0.517. The molecule has 3 aromatic carbocycles. The first kappa shape index (κ1) is 25.5. The summed E-state index contributed by atoms with van der Waals surface area (Å²) in [5, 5.41) is 12.2. The lowest BCUT2D eigenvalue weighted by atomic mass is 10.0. The number of nitrogens with one attached hydrogen (secondary N) is 1. The van der Waals surface area contributed by atoms with Crippen LogP contribution in [0.2, 0.25) is 0 Å². The van der Waals surface area contributed by atoms with Crippen LogP contribution >= 0.6 is 0 Å². The van der Waals surface area contributed by atoms with Gasteiger partial charge in [0.1, 0.15) is 11.3 Å². The zero-order valence-corrected chi connectivity index (χ0v) is 19.4. The van der Waals surface area contributed by atoms with Crippen molar-refractivity contribution in [2.24, 2.45) is 0 Å². The van der Waals surface area contributed by atoms with Crippen LogP contribution in [0.4, 0.5) is 18.9 Å². The molecule has 2 N–H and O–H groups in total. The van der Waals surface area contributed by atoms with Gasteiger partial charge in [0, 0.05) is 22.7 Å². The number of anilines is 1. The van der Waals surface area contributed by atoms with Crippen molar-refractivity contribution >= 4 is 28.5 Å². The molecule has 0 saturated heterocycles. The smallest absolute Gasteiger partial charge is 0.416 e. The average Bonchev–Trinajstić information content (AvgIpc) is 2.85. The van der Waals surface area contributed by atoms with E-state index in [4.69, 9.17) is 14.3 Å². The number of fused-ring (bicyclic) bond motifs is 1. The maximum absolute atomic E-state index is 12.9. The number of rotatable bonds is 7. The van der Waals surface area contributed by atoms with Crippen LogP contribution in [0.3, 0.4) is 0 Å². The Hall–Kier alpha value is -4.60. The Morgan fingerprint density at radius 1 is 1.03 bits per heavy atom. The van der Waals surface area contributed by atoms with Gasteiger partial charge in [-0.05, 0) is 48.4 Å². The molecule has 0 fully saturated rings. The molecule has 190 valence electrons. The normalized spacial score (nSPS) is 11.4. The number of alkyl halides is 3. The van der Waals surface area contributed by atoms with Gasteiger partial charge in [-0.3, -0.25) is 9.59 Å². The highest BCUT2D eigenvalue weighted by molar-refractivity contribution is 5.95. The number of hydrogen-bond donors (Lipinski definition) is 2. The Bertz CT molecular complexity index is 1540. The summed E-state index contributed by atoms with van der Waals surface area (Å²) in [6.45, 7) is 1.23. The van der Waals surface area contributed by atoms with Crippen LogP contribution in [0.1, 0.15) is 16.7 Å². The molecule has 1 heterocycles. The fraction of sp³-hybridized carbons (Fsp3) is 0.148. The van der Waals surface area contributed by atoms with E-state index in [1.165, 1.54) is 18.2 Å². The van der Waals surface area contributed by atoms with Crippen molar-refractivity contribution in [3.63, 3.8) is 0 Å². The summed E-state index contributed by atoms with van der Waals surface area (Å²) in [6, 6.07) is 15.9. The molecule has 0 aliphatic rings. The van der Waals surface area contributed by atoms with Gasteiger partial charge in [-0.15, -0.1) is 0 Å². The maximum Gasteiger partial charge on any atom is 0.416 e. The van der Waals surface area contributed by atoms with E-state index in [0.717, 1.165) is 12.1 Å². The quantitative estimate of drug-likeness (QED) is 0.321. The van der Waals surface area contributed by atoms with Gasteiger partial charge in [0.2, 0.25) is 0 Å². The Morgan fingerprint density at radius 2 is 1.73 bits per heavy atom. The number of benzene rings is 3. The Balaban J connectivity index is 1.48. The number of aryl methyl sites for hydroxylation is 1. The van der Waals surface area contributed by atoms with Gasteiger partial charge in [0.25, 0.3) is 5.91 Å². The van der Waals surface area contributed by atoms with Gasteiger partial charge in [0.05, 0.1) is 17.5 Å². The fourth-order valence-corrected chi connectivity index (χ4v) is 3.84. The molecule has 0 aliphatic carbocycles. The topological polar surface area (TPSA) is 106 Å². The predicted molar refractivity (Wildman–Crippen MR) is 130 cm³/mol. The van der Waals surface area contributed by atoms with Crippen molar-refractivity contribution in [3.8, 4) is 16.9 Å². The highest BCUT2D eigenvalue weighted by Gasteiger charge is 2.30. The van der Waals surface area contributed by atoms with Gasteiger partial charge in [-0.1, -0.05) is 30.3 Å². The molecule has 0 unspecified atom stereocenters. The molecule has 37 heavy (non-hydrogen) atoms. The number of ether oxygens (including phenoxy) is 1. The highest BCUT2D eigenvalue weighted by Crippen LogP contribution is 2.34. The van der Waals surface area contributed by atoms with Gasteiger partial charge in [0.15, 0.2) is 6.61 Å². The Labute approximate surface area is 208 Å². The number of carboxylic acid groups (broad SMARTS) is 1. The molecule has 10 heteroatoms. The second-order valence-electron chi connectivity index (χ2n) is 8.18. The first-order valence-corrected chi connectivity index (χ1v) is 11.0. The number of carbonyl (C=O) groups is 2. The molecule has 1 aromatic heterocycles. The average molecular weight is 511 g/mol. The summed E-state index contributed by atoms with van der Waals surface area (Å²) in [4.78, 5) is 35.7. The molecule has 0 radical (unpaired) electrons. The Kier molecular flexibility index (Phi) is 7.01. The molecular weight excluding hydrogens is 491 g/mol. The lowest BCUT2D eigenvalue weighted by Crippen LogP contribution is -2.20. The van der Waals surface area contributed by atoms with Gasteiger partial charge < -0.3 is 19.6 Å². The maximum atomic E-state index is 12.9. The van der Waals surface area contributed by atoms with Gasteiger partial charge in [-0.25, -0.2) is 4.79 Å². The van der Waals surface area contributed by atoms with E-state index < -0.39 is 42.3 Å². The van der Waals surface area contributed by atoms with Crippen LogP contribution in [-0.4, -0.2) is 23.6 Å². The van der Waals surface area contributed by atoms with Crippen molar-refractivity contribution in [1.29, 1.82) is 0 Å². The zero-order valence-electron chi connectivity index (χ0n) is 19.4. The van der Waals surface area contributed by atoms with Crippen LogP contribution in [0.5, 0.6) is 5.75 Å². The molecule has 1 amide bonds. The summed E-state index contributed by atoms with van der Waals surface area (Å²) in [6.07, 6.45) is -4.91. The Morgan fingerprint density at radius 3 is 2.41 bits per heavy atom. The van der Waals surface area contributed by atoms with Crippen LogP contribution in [0.15, 0.2) is 75.9 Å². The number of amides is 1. The highest BCUT2D eigenvalue weighted by atomic mass is 19.4. The number of halogens is 3. The van der Waals surface area contributed by atoms with Crippen LogP contribution in [0.25, 0.3) is 22.1 Å². The first-order chi connectivity index (χ1) is 17.5. The lowest BCUT2D eigenvalue weighted by molar-refractivity contribution is -0.138. The standard InChI is InChI=1S/C27H20F3NO6/c1-15-19-11-10-18(12-23(19)37-26(35)21(15)13-25(33)34)31-24(32)14-36-22-5-3-2-4-20(22)16-6-8-17(9-7-16)27(28,29)30/h2-12H,13-14H2,1H3,(H,31,32)(H,33,34). The number of aliphatic carboxylic acids is 1. The van der Waals surface area contributed by atoms with Crippen LogP contribution in [0, 0.1) is 6.92 Å². The van der Waals surface area contributed by atoms with Gasteiger partial charge in [-0.2, -0.15) is 13.2 Å². The third-order valence-electron chi connectivity index (χ3n) is 5.67. The summed E-state index contributed by atoms with van der Waals surface area (Å²) in [7, 11) is 0. The van der Waals surface area contributed by atoms with Crippen molar-refractivity contribution in [2.45, 2.75) is 19.5 Å². The molecule has 4 aromatic rings. The SMILES string of the molecule is Cc1c(CC(=O)O)c(=O)oc2cc(NC(=O)COc3ccccc3-c3ccc(C(F)(F)F)cc3)ccc12. The molecule has 4 rings (SSSR count). The van der Waals surface area contributed by atoms with Crippen molar-refractivity contribution < 1.29 is 37.0 Å². The minimum absolute atomic E-state index is 0.0527. The zero-order chi connectivity index (χ0) is 26.7. The summed E-state index contributed by atoms with van der Waals surface area (Å²) in [5.74, 6) is -1.37. The first-order valence-electron chi connectivity index (χ1n) is 11.0. The van der Waals surface area contributed by atoms with Gasteiger partial charge >= 0.3 is 17.8 Å². The van der Waals surface area contributed by atoms with Crippen molar-refractivity contribution in [2.75, 3.05) is 11.9 Å².